The number of carbonyl (C=O) groups excluding carboxylic acids is 2. The first kappa shape index (κ1) is 16.5. The number of methoxy groups -OCH3 is 1. The number of esters is 1. The van der Waals surface area contributed by atoms with Crippen molar-refractivity contribution in [2.24, 2.45) is 0 Å². The predicted octanol–water partition coefficient (Wildman–Crippen LogP) is 1.52. The van der Waals surface area contributed by atoms with Crippen LogP contribution in [0.3, 0.4) is 0 Å². The Hall–Kier alpha value is -2.36. The molecule has 24 heavy (non-hydrogen) atoms. The van der Waals surface area contributed by atoms with Gasteiger partial charge in [0, 0.05) is 0 Å². The van der Waals surface area contributed by atoms with Gasteiger partial charge in [-0.15, -0.1) is 5.10 Å². The van der Waals surface area contributed by atoms with Crippen molar-refractivity contribution in [1.82, 2.24) is 25.2 Å². The number of aromatic nitrogens is 5. The van der Waals surface area contributed by atoms with Crippen molar-refractivity contribution in [2.45, 2.75) is 44.6 Å². The Bertz CT molecular complexity index is 736. The molecule has 0 spiro atoms. The molecule has 0 aromatic carbocycles. The average Bonchev–Trinajstić information content (AvgIpc) is 3.25. The van der Waals surface area contributed by atoms with Crippen LogP contribution in [0.4, 0.5) is 5.13 Å². The van der Waals surface area contributed by atoms with E-state index >= 15 is 0 Å². The van der Waals surface area contributed by atoms with Gasteiger partial charge in [0.05, 0.1) is 12.8 Å². The number of tetrazole rings is 1. The van der Waals surface area contributed by atoms with Crippen molar-refractivity contribution in [2.75, 3.05) is 12.4 Å². The molecule has 0 aliphatic heterocycles. The maximum atomic E-state index is 13.0. The third-order valence-corrected chi connectivity index (χ3v) is 5.33. The monoisotopic (exact) mass is 350 g/mol. The molecule has 1 N–H and O–H groups in total. The highest BCUT2D eigenvalue weighted by Crippen LogP contribution is 2.36. The molecule has 0 saturated heterocycles. The minimum absolute atomic E-state index is 0.209. The lowest BCUT2D eigenvalue weighted by Gasteiger charge is -2.34. The summed E-state index contributed by atoms with van der Waals surface area (Å²) in [4.78, 5) is 29.3. The van der Waals surface area contributed by atoms with E-state index < -0.39 is 11.5 Å². The molecule has 2 aromatic rings. The summed E-state index contributed by atoms with van der Waals surface area (Å²) in [5.74, 6) is -0.668. The van der Waals surface area contributed by atoms with Gasteiger partial charge in [-0.1, -0.05) is 30.6 Å². The Morgan fingerprint density at radius 1 is 1.33 bits per heavy atom. The average molecular weight is 350 g/mol. The number of hydrogen-bond acceptors (Lipinski definition) is 8. The van der Waals surface area contributed by atoms with Crippen molar-refractivity contribution < 1.29 is 14.3 Å². The van der Waals surface area contributed by atoms with Crippen LogP contribution in [0.15, 0.2) is 6.33 Å². The van der Waals surface area contributed by atoms with Gasteiger partial charge < -0.3 is 4.74 Å². The maximum Gasteiger partial charge on any atom is 0.350 e. The van der Waals surface area contributed by atoms with Gasteiger partial charge in [0.25, 0.3) is 5.91 Å². The number of nitrogens with one attached hydrogen (secondary N) is 1. The molecule has 0 unspecified atom stereocenters. The molecular weight excluding hydrogens is 332 g/mol. The number of amides is 1. The van der Waals surface area contributed by atoms with Gasteiger partial charge in [0.15, 0.2) is 5.13 Å². The van der Waals surface area contributed by atoms with Crippen LogP contribution in [0.5, 0.6) is 0 Å². The third-order valence-electron chi connectivity index (χ3n) is 4.28. The summed E-state index contributed by atoms with van der Waals surface area (Å²) in [7, 11) is 1.31. The fraction of sp³-hybridized carbons (Fsp3) is 0.571. The smallest absolute Gasteiger partial charge is 0.350 e. The van der Waals surface area contributed by atoms with Crippen LogP contribution in [-0.2, 0) is 15.1 Å². The van der Waals surface area contributed by atoms with E-state index in [1.165, 1.54) is 18.1 Å². The Balaban J connectivity index is 1.86. The second-order valence-electron chi connectivity index (χ2n) is 5.73. The first-order chi connectivity index (χ1) is 11.6. The first-order valence-electron chi connectivity index (χ1n) is 7.67. The largest absolute Gasteiger partial charge is 0.465 e. The Morgan fingerprint density at radius 2 is 2.08 bits per heavy atom. The first-order valence-corrected chi connectivity index (χ1v) is 8.49. The van der Waals surface area contributed by atoms with Gasteiger partial charge in [-0.2, -0.15) is 0 Å². The van der Waals surface area contributed by atoms with Crippen LogP contribution in [0.25, 0.3) is 0 Å². The molecule has 128 valence electrons. The van der Waals surface area contributed by atoms with Crippen molar-refractivity contribution in [3.05, 3.63) is 16.9 Å². The van der Waals surface area contributed by atoms with E-state index in [9.17, 15) is 9.59 Å². The predicted molar refractivity (Wildman–Crippen MR) is 85.7 cm³/mol. The molecule has 2 aromatic heterocycles. The van der Waals surface area contributed by atoms with Crippen LogP contribution in [0.1, 0.15) is 47.5 Å². The van der Waals surface area contributed by atoms with Crippen molar-refractivity contribution in [3.8, 4) is 0 Å². The van der Waals surface area contributed by atoms with Gasteiger partial charge >= 0.3 is 5.97 Å². The summed E-state index contributed by atoms with van der Waals surface area (Å²) in [6.45, 7) is 1.70. The molecule has 1 fully saturated rings. The second-order valence-corrected chi connectivity index (χ2v) is 6.72. The van der Waals surface area contributed by atoms with Gasteiger partial charge in [0.2, 0.25) is 0 Å². The van der Waals surface area contributed by atoms with Gasteiger partial charge in [-0.3, -0.25) is 10.1 Å². The molecular formula is C14H18N6O3S. The zero-order chi connectivity index (χ0) is 17.2. The van der Waals surface area contributed by atoms with E-state index in [0.29, 0.717) is 28.5 Å². The zero-order valence-corrected chi connectivity index (χ0v) is 14.3. The summed E-state index contributed by atoms with van der Waals surface area (Å²) < 4.78 is 6.25. The Morgan fingerprint density at radius 3 is 2.71 bits per heavy atom. The molecule has 0 bridgehead atoms. The number of ether oxygens (including phenoxy) is 1. The molecule has 9 nitrogen and oxygen atoms in total. The van der Waals surface area contributed by atoms with Gasteiger partial charge in [-0.05, 0) is 30.2 Å². The van der Waals surface area contributed by atoms with Crippen LogP contribution in [0.2, 0.25) is 0 Å². The molecule has 3 rings (SSSR count). The summed E-state index contributed by atoms with van der Waals surface area (Å²) in [6, 6.07) is 0. The van der Waals surface area contributed by atoms with Crippen LogP contribution >= 0.6 is 11.3 Å². The lowest BCUT2D eigenvalue weighted by molar-refractivity contribution is -0.126. The standard InChI is InChI=1S/C14H18N6O3S/c1-9-10(11(21)23-2)24-13(16-9)17-12(22)14(6-4-3-5-7-14)20-8-15-18-19-20/h8H,3-7H2,1-2H3,(H,16,17,22). The van der Waals surface area contributed by atoms with Crippen molar-refractivity contribution in [3.63, 3.8) is 0 Å². The van der Waals surface area contributed by atoms with E-state index in [-0.39, 0.29) is 5.91 Å². The second kappa shape index (κ2) is 6.63. The summed E-state index contributed by atoms with van der Waals surface area (Å²) in [6.07, 6.45) is 5.74. The maximum absolute atomic E-state index is 13.0. The highest BCUT2D eigenvalue weighted by atomic mass is 32.1. The van der Waals surface area contributed by atoms with Crippen LogP contribution < -0.4 is 5.32 Å². The van der Waals surface area contributed by atoms with Gasteiger partial charge in [-0.25, -0.2) is 14.5 Å². The Labute approximate surface area is 142 Å². The molecule has 1 saturated carbocycles. The van der Waals surface area contributed by atoms with Gasteiger partial charge in [0.1, 0.15) is 16.7 Å². The van der Waals surface area contributed by atoms with Crippen molar-refractivity contribution >= 4 is 28.3 Å². The number of thiazole rings is 1. The zero-order valence-electron chi connectivity index (χ0n) is 13.5. The minimum atomic E-state index is -0.813. The topological polar surface area (TPSA) is 112 Å². The van der Waals surface area contributed by atoms with E-state index in [1.54, 1.807) is 6.92 Å². The molecule has 1 amide bonds. The molecule has 0 atom stereocenters. The highest BCUT2D eigenvalue weighted by molar-refractivity contribution is 7.17. The van der Waals surface area contributed by atoms with Crippen LogP contribution in [-0.4, -0.2) is 44.2 Å². The molecule has 10 heteroatoms. The molecule has 0 radical (unpaired) electrons. The molecule has 1 aliphatic rings. The van der Waals surface area contributed by atoms with E-state index in [0.717, 1.165) is 30.6 Å². The summed E-state index contributed by atoms with van der Waals surface area (Å²) in [5.41, 5.74) is -0.283. The quantitative estimate of drug-likeness (QED) is 0.832. The fourth-order valence-electron chi connectivity index (χ4n) is 3.00. The molecule has 1 aliphatic carbocycles. The van der Waals surface area contributed by atoms with E-state index in [2.05, 4.69) is 25.8 Å². The number of hydrogen-bond donors (Lipinski definition) is 1. The lowest BCUT2D eigenvalue weighted by atomic mass is 9.81. The fourth-order valence-corrected chi connectivity index (χ4v) is 3.88. The molecule has 2 heterocycles. The normalized spacial score (nSPS) is 16.6. The highest BCUT2D eigenvalue weighted by Gasteiger charge is 2.43. The van der Waals surface area contributed by atoms with Crippen LogP contribution in [0, 0.1) is 6.92 Å². The van der Waals surface area contributed by atoms with Crippen molar-refractivity contribution in [1.29, 1.82) is 0 Å². The number of nitrogens with zero attached hydrogens (tertiary/aromatic N) is 5. The summed E-state index contributed by atoms with van der Waals surface area (Å²) in [5, 5.41) is 14.5. The Kier molecular flexibility index (Phi) is 4.56. The summed E-state index contributed by atoms with van der Waals surface area (Å²) >= 11 is 1.10. The number of anilines is 1. The van der Waals surface area contributed by atoms with E-state index in [1.807, 2.05) is 0 Å². The third kappa shape index (κ3) is 2.88. The SMILES string of the molecule is COC(=O)c1sc(NC(=O)C2(n3cnnn3)CCCCC2)nc1C. The minimum Gasteiger partial charge on any atom is -0.465 e. The number of carbonyl (C=O) groups is 2. The number of aryl methyl sites for hydroxylation is 1. The van der Waals surface area contributed by atoms with E-state index in [4.69, 9.17) is 4.74 Å². The lowest BCUT2D eigenvalue weighted by Crippen LogP contribution is -2.47. The number of rotatable bonds is 4.